The number of anilines is 2. The van der Waals surface area contributed by atoms with Gasteiger partial charge in [-0.25, -0.2) is 0 Å². The van der Waals surface area contributed by atoms with E-state index in [1.165, 1.54) is 24.3 Å². The van der Waals surface area contributed by atoms with Crippen molar-refractivity contribution < 1.29 is 9.85 Å². The van der Waals surface area contributed by atoms with Crippen molar-refractivity contribution >= 4 is 22.7 Å². The largest absolute Gasteiger partial charge is 0.282 e. The van der Waals surface area contributed by atoms with Crippen LogP contribution in [-0.4, -0.2) is 21.9 Å². The van der Waals surface area contributed by atoms with E-state index in [0.29, 0.717) is 12.1 Å². The standard InChI is InChI=1S/C18H18N4O4/c23-21(24)17-9-5-15(6-10-17)19-13-1-2-14(4-3-13)20(19)16-7-11-18(12-8-16)22(25)26/h5-14H,1-4H2. The van der Waals surface area contributed by atoms with E-state index >= 15 is 0 Å². The molecular formula is C18H18N4O4. The lowest BCUT2D eigenvalue weighted by atomic mass is 9.86. The molecule has 3 aliphatic rings. The monoisotopic (exact) mass is 354 g/mol. The van der Waals surface area contributed by atoms with Gasteiger partial charge in [-0.1, -0.05) is 0 Å². The van der Waals surface area contributed by atoms with Crippen LogP contribution in [0.1, 0.15) is 25.7 Å². The molecule has 2 aromatic rings. The first-order chi connectivity index (χ1) is 12.5. The lowest BCUT2D eigenvalue weighted by molar-refractivity contribution is -0.385. The molecule has 0 N–H and O–H groups in total. The highest BCUT2D eigenvalue weighted by atomic mass is 16.6. The van der Waals surface area contributed by atoms with Crippen LogP contribution >= 0.6 is 0 Å². The zero-order chi connectivity index (χ0) is 18.3. The molecule has 1 saturated carbocycles. The number of nitro benzene ring substituents is 2. The number of hydrogen-bond donors (Lipinski definition) is 0. The Hall–Kier alpha value is -3.16. The van der Waals surface area contributed by atoms with Crippen molar-refractivity contribution in [2.24, 2.45) is 0 Å². The summed E-state index contributed by atoms with van der Waals surface area (Å²) in [6.45, 7) is 0. The van der Waals surface area contributed by atoms with Crippen LogP contribution in [0.5, 0.6) is 0 Å². The van der Waals surface area contributed by atoms with E-state index in [4.69, 9.17) is 0 Å². The molecular weight excluding hydrogens is 336 g/mol. The topological polar surface area (TPSA) is 92.8 Å². The zero-order valence-corrected chi connectivity index (χ0v) is 14.0. The van der Waals surface area contributed by atoms with Gasteiger partial charge in [-0.3, -0.25) is 30.2 Å². The fraction of sp³-hybridized carbons (Fsp3) is 0.333. The number of hydrogen-bond acceptors (Lipinski definition) is 6. The minimum absolute atomic E-state index is 0.0674. The molecule has 0 amide bonds. The van der Waals surface area contributed by atoms with E-state index in [1.54, 1.807) is 24.3 Å². The Morgan fingerprint density at radius 3 is 1.23 bits per heavy atom. The number of hydrazine groups is 1. The van der Waals surface area contributed by atoms with Crippen molar-refractivity contribution in [2.75, 3.05) is 10.0 Å². The summed E-state index contributed by atoms with van der Waals surface area (Å²) < 4.78 is 0. The summed E-state index contributed by atoms with van der Waals surface area (Å²) in [6.07, 6.45) is 4.30. The third-order valence-corrected chi connectivity index (χ3v) is 5.24. The van der Waals surface area contributed by atoms with Crippen molar-refractivity contribution in [3.05, 3.63) is 68.8 Å². The van der Waals surface area contributed by atoms with Gasteiger partial charge in [0.2, 0.25) is 0 Å². The Morgan fingerprint density at radius 2 is 0.962 bits per heavy atom. The van der Waals surface area contributed by atoms with Gasteiger partial charge in [0.1, 0.15) is 0 Å². The van der Waals surface area contributed by atoms with Crippen LogP contribution in [0.3, 0.4) is 0 Å². The maximum Gasteiger partial charge on any atom is 0.269 e. The van der Waals surface area contributed by atoms with Crippen LogP contribution in [0, 0.1) is 20.2 Å². The van der Waals surface area contributed by atoms with Gasteiger partial charge in [-0.05, 0) is 49.9 Å². The van der Waals surface area contributed by atoms with Crippen LogP contribution in [0.2, 0.25) is 0 Å². The molecule has 2 aliphatic heterocycles. The molecule has 0 atom stereocenters. The van der Waals surface area contributed by atoms with Gasteiger partial charge >= 0.3 is 0 Å². The molecule has 2 saturated heterocycles. The van der Waals surface area contributed by atoms with Crippen molar-refractivity contribution in [3.63, 3.8) is 0 Å². The van der Waals surface area contributed by atoms with Gasteiger partial charge in [-0.2, -0.15) is 0 Å². The highest BCUT2D eigenvalue weighted by Gasteiger charge is 2.40. The maximum absolute atomic E-state index is 10.9. The third kappa shape index (κ3) is 2.73. The van der Waals surface area contributed by atoms with Gasteiger partial charge in [0, 0.05) is 24.3 Å². The smallest absolute Gasteiger partial charge is 0.269 e. The SMILES string of the molecule is O=[N+]([O-])c1ccc(N2C3CCC(CC3)N2c2ccc([N+](=O)[O-])cc2)cc1. The van der Waals surface area contributed by atoms with E-state index in [-0.39, 0.29) is 11.4 Å². The summed E-state index contributed by atoms with van der Waals surface area (Å²) in [4.78, 5) is 21.0. The Balaban J connectivity index is 1.70. The molecule has 2 heterocycles. The van der Waals surface area contributed by atoms with Gasteiger partial charge in [0.25, 0.3) is 11.4 Å². The van der Waals surface area contributed by atoms with Crippen LogP contribution < -0.4 is 10.0 Å². The molecule has 5 rings (SSSR count). The maximum atomic E-state index is 10.9. The molecule has 0 spiro atoms. The number of benzene rings is 2. The van der Waals surface area contributed by atoms with Crippen LogP contribution in [0.15, 0.2) is 48.5 Å². The summed E-state index contributed by atoms with van der Waals surface area (Å²) in [5.74, 6) is 0. The first-order valence-electron chi connectivity index (χ1n) is 8.62. The molecule has 0 aromatic heterocycles. The van der Waals surface area contributed by atoms with Crippen molar-refractivity contribution in [3.8, 4) is 0 Å². The van der Waals surface area contributed by atoms with Crippen LogP contribution in [0.25, 0.3) is 0 Å². The quantitative estimate of drug-likeness (QED) is 0.607. The number of non-ortho nitro benzene ring substituents is 2. The summed E-state index contributed by atoms with van der Waals surface area (Å²) in [5.41, 5.74) is 1.95. The van der Waals surface area contributed by atoms with E-state index in [9.17, 15) is 20.2 Å². The van der Waals surface area contributed by atoms with Crippen molar-refractivity contribution in [1.29, 1.82) is 0 Å². The van der Waals surface area contributed by atoms with Gasteiger partial charge < -0.3 is 0 Å². The summed E-state index contributed by atoms with van der Waals surface area (Å²) in [7, 11) is 0. The average molecular weight is 354 g/mol. The van der Waals surface area contributed by atoms with Crippen molar-refractivity contribution in [2.45, 2.75) is 37.8 Å². The molecule has 26 heavy (non-hydrogen) atoms. The molecule has 3 fully saturated rings. The molecule has 0 radical (unpaired) electrons. The second-order valence-corrected chi connectivity index (χ2v) is 6.70. The fourth-order valence-corrected chi connectivity index (χ4v) is 4.02. The average Bonchev–Trinajstić information content (AvgIpc) is 2.68. The normalized spacial score (nSPS) is 21.7. The van der Waals surface area contributed by atoms with Crippen molar-refractivity contribution in [1.82, 2.24) is 0 Å². The molecule has 1 aliphatic carbocycles. The van der Waals surface area contributed by atoms with Gasteiger partial charge in [0.05, 0.1) is 33.3 Å². The summed E-state index contributed by atoms with van der Waals surface area (Å²) in [5, 5.41) is 26.2. The van der Waals surface area contributed by atoms with E-state index < -0.39 is 9.85 Å². The highest BCUT2D eigenvalue weighted by Crippen LogP contribution is 2.41. The Labute approximate surface area is 149 Å². The predicted molar refractivity (Wildman–Crippen MR) is 97.2 cm³/mol. The summed E-state index contributed by atoms with van der Waals surface area (Å²) >= 11 is 0. The molecule has 2 aromatic carbocycles. The van der Waals surface area contributed by atoms with E-state index in [0.717, 1.165) is 37.1 Å². The Morgan fingerprint density at radius 1 is 0.654 bits per heavy atom. The second kappa shape index (κ2) is 6.29. The summed E-state index contributed by atoms with van der Waals surface area (Å²) in [6, 6.07) is 13.8. The molecule has 2 bridgehead atoms. The number of nitro groups is 2. The first kappa shape index (κ1) is 16.3. The molecule has 134 valence electrons. The Kier molecular flexibility index (Phi) is 3.95. The van der Waals surface area contributed by atoms with Crippen LogP contribution in [0.4, 0.5) is 22.7 Å². The third-order valence-electron chi connectivity index (χ3n) is 5.24. The van der Waals surface area contributed by atoms with Gasteiger partial charge in [-0.15, -0.1) is 0 Å². The lowest BCUT2D eigenvalue weighted by Crippen LogP contribution is -2.62. The molecule has 8 nitrogen and oxygen atoms in total. The predicted octanol–water partition coefficient (Wildman–Crippen LogP) is 4.06. The number of fused-ring (bicyclic) bond motifs is 3. The number of rotatable bonds is 4. The molecule has 8 heteroatoms. The second-order valence-electron chi connectivity index (χ2n) is 6.70. The van der Waals surface area contributed by atoms with Crippen LogP contribution in [-0.2, 0) is 0 Å². The van der Waals surface area contributed by atoms with E-state index in [2.05, 4.69) is 10.0 Å². The first-order valence-corrected chi connectivity index (χ1v) is 8.62. The minimum Gasteiger partial charge on any atom is -0.282 e. The lowest BCUT2D eigenvalue weighted by Gasteiger charge is -2.55. The number of nitrogens with zero attached hydrogens (tertiary/aromatic N) is 4. The highest BCUT2D eigenvalue weighted by molar-refractivity contribution is 5.63. The van der Waals surface area contributed by atoms with Gasteiger partial charge in [0.15, 0.2) is 0 Å². The zero-order valence-electron chi connectivity index (χ0n) is 14.0. The Bertz CT molecular complexity index is 758. The molecule has 0 unspecified atom stereocenters. The minimum atomic E-state index is -0.403. The fourth-order valence-electron chi connectivity index (χ4n) is 4.02. The van der Waals surface area contributed by atoms with E-state index in [1.807, 2.05) is 0 Å².